The van der Waals surface area contributed by atoms with Gasteiger partial charge in [-0.2, -0.15) is 0 Å². The number of amides is 1. The molecule has 0 spiro atoms. The molecule has 1 aliphatic rings. The highest BCUT2D eigenvalue weighted by Crippen LogP contribution is 2.18. The second-order valence-corrected chi connectivity index (χ2v) is 7.31. The zero-order chi connectivity index (χ0) is 19.3. The molecule has 6 nitrogen and oxygen atoms in total. The molecule has 0 atom stereocenters. The van der Waals surface area contributed by atoms with E-state index < -0.39 is 0 Å². The number of nitrogens with zero attached hydrogens (tertiary/aromatic N) is 1. The maximum atomic E-state index is 12.4. The first-order chi connectivity index (χ1) is 13.7. The summed E-state index contributed by atoms with van der Waals surface area (Å²) in [5, 5.41) is 4.10. The number of carbonyl (C=O) groups excluding carboxylic acids is 1. The summed E-state index contributed by atoms with van der Waals surface area (Å²) in [6.45, 7) is 4.75. The SMILES string of the molecule is Cc1cc2cc(CNC(=O)c3ccc(OCC4CCOCC4)nc3)ccc2[nH]1. The number of ether oxygens (including phenoxy) is 2. The number of carbonyl (C=O) groups is 1. The molecule has 0 aliphatic carbocycles. The molecule has 0 radical (unpaired) electrons. The fourth-order valence-corrected chi connectivity index (χ4v) is 3.44. The summed E-state index contributed by atoms with van der Waals surface area (Å²) in [4.78, 5) is 20.0. The number of aromatic amines is 1. The van der Waals surface area contributed by atoms with Crippen LogP contribution in [0.15, 0.2) is 42.6 Å². The quantitative estimate of drug-likeness (QED) is 0.686. The number of aromatic nitrogens is 2. The average Bonchev–Trinajstić information content (AvgIpc) is 3.11. The van der Waals surface area contributed by atoms with E-state index in [9.17, 15) is 4.79 Å². The van der Waals surface area contributed by atoms with Crippen molar-refractivity contribution in [3.63, 3.8) is 0 Å². The van der Waals surface area contributed by atoms with Crippen molar-refractivity contribution < 1.29 is 14.3 Å². The zero-order valence-electron chi connectivity index (χ0n) is 16.0. The molecule has 28 heavy (non-hydrogen) atoms. The molecule has 2 aromatic heterocycles. The Kier molecular flexibility index (Phi) is 5.58. The number of hydrogen-bond donors (Lipinski definition) is 2. The first-order valence-corrected chi connectivity index (χ1v) is 9.70. The number of aryl methyl sites for hydroxylation is 1. The molecule has 146 valence electrons. The lowest BCUT2D eigenvalue weighted by molar-refractivity contribution is 0.0490. The summed E-state index contributed by atoms with van der Waals surface area (Å²) in [5.74, 6) is 0.921. The average molecular weight is 379 g/mol. The molecule has 0 saturated carbocycles. The topological polar surface area (TPSA) is 76.2 Å². The summed E-state index contributed by atoms with van der Waals surface area (Å²) in [7, 11) is 0. The summed E-state index contributed by atoms with van der Waals surface area (Å²) in [5.41, 5.74) is 3.82. The standard InChI is InChI=1S/C22H25N3O3/c1-15-10-19-11-17(2-4-20(19)25-15)12-24-22(26)18-3-5-21(23-13-18)28-14-16-6-8-27-9-7-16/h2-5,10-11,13,16,25H,6-9,12,14H2,1H3,(H,24,26). The van der Waals surface area contributed by atoms with Crippen molar-refractivity contribution in [1.29, 1.82) is 0 Å². The van der Waals surface area contributed by atoms with E-state index in [0.29, 0.717) is 30.5 Å². The van der Waals surface area contributed by atoms with Crippen LogP contribution in [0.5, 0.6) is 5.88 Å². The van der Waals surface area contributed by atoms with Crippen LogP contribution in [0.1, 0.15) is 34.5 Å². The van der Waals surface area contributed by atoms with Crippen LogP contribution in [-0.4, -0.2) is 35.7 Å². The van der Waals surface area contributed by atoms with E-state index in [1.54, 1.807) is 18.3 Å². The predicted octanol–water partition coefficient (Wildman–Crippen LogP) is 3.61. The Morgan fingerprint density at radius 1 is 1.25 bits per heavy atom. The van der Waals surface area contributed by atoms with Crippen molar-refractivity contribution in [2.24, 2.45) is 5.92 Å². The molecule has 1 aliphatic heterocycles. The largest absolute Gasteiger partial charge is 0.477 e. The lowest BCUT2D eigenvalue weighted by Crippen LogP contribution is -2.23. The van der Waals surface area contributed by atoms with Crippen LogP contribution < -0.4 is 10.1 Å². The minimum Gasteiger partial charge on any atom is -0.477 e. The van der Waals surface area contributed by atoms with Gasteiger partial charge in [-0.25, -0.2) is 4.98 Å². The Balaban J connectivity index is 1.30. The van der Waals surface area contributed by atoms with Crippen LogP contribution in [0, 0.1) is 12.8 Å². The summed E-state index contributed by atoms with van der Waals surface area (Å²) >= 11 is 0. The minimum atomic E-state index is -0.145. The Hall–Kier alpha value is -2.86. The van der Waals surface area contributed by atoms with Crippen molar-refractivity contribution in [2.75, 3.05) is 19.8 Å². The lowest BCUT2D eigenvalue weighted by atomic mass is 10.0. The molecule has 1 aromatic carbocycles. The van der Waals surface area contributed by atoms with Gasteiger partial charge in [-0.05, 0) is 60.9 Å². The van der Waals surface area contributed by atoms with E-state index in [-0.39, 0.29) is 5.91 Å². The number of hydrogen-bond acceptors (Lipinski definition) is 4. The molecular formula is C22H25N3O3. The van der Waals surface area contributed by atoms with Crippen LogP contribution in [0.3, 0.4) is 0 Å². The van der Waals surface area contributed by atoms with Crippen molar-refractivity contribution in [2.45, 2.75) is 26.3 Å². The van der Waals surface area contributed by atoms with Gasteiger partial charge in [0.15, 0.2) is 0 Å². The van der Waals surface area contributed by atoms with E-state index in [1.165, 1.54) is 0 Å². The molecule has 4 rings (SSSR count). The Morgan fingerprint density at radius 3 is 2.89 bits per heavy atom. The number of rotatable bonds is 6. The van der Waals surface area contributed by atoms with Crippen LogP contribution in [-0.2, 0) is 11.3 Å². The normalized spacial score (nSPS) is 14.9. The molecule has 0 bridgehead atoms. The van der Waals surface area contributed by atoms with Gasteiger partial charge in [0.2, 0.25) is 5.88 Å². The highest BCUT2D eigenvalue weighted by atomic mass is 16.5. The highest BCUT2D eigenvalue weighted by molar-refractivity contribution is 5.94. The third-order valence-corrected chi connectivity index (χ3v) is 5.08. The van der Waals surface area contributed by atoms with Crippen LogP contribution in [0.25, 0.3) is 10.9 Å². The number of nitrogens with one attached hydrogen (secondary N) is 2. The lowest BCUT2D eigenvalue weighted by Gasteiger charge is -2.21. The third kappa shape index (κ3) is 4.51. The first kappa shape index (κ1) is 18.5. The van der Waals surface area contributed by atoms with Crippen molar-refractivity contribution in [1.82, 2.24) is 15.3 Å². The van der Waals surface area contributed by atoms with Crippen molar-refractivity contribution in [3.8, 4) is 5.88 Å². The number of pyridine rings is 1. The maximum Gasteiger partial charge on any atom is 0.253 e. The highest BCUT2D eigenvalue weighted by Gasteiger charge is 2.15. The third-order valence-electron chi connectivity index (χ3n) is 5.08. The van der Waals surface area contributed by atoms with Gasteiger partial charge >= 0.3 is 0 Å². The van der Waals surface area contributed by atoms with Crippen molar-refractivity contribution in [3.05, 3.63) is 59.4 Å². The Bertz CT molecular complexity index is 943. The van der Waals surface area contributed by atoms with Gasteiger partial charge in [-0.15, -0.1) is 0 Å². The van der Waals surface area contributed by atoms with E-state index in [1.807, 2.05) is 19.1 Å². The second kappa shape index (κ2) is 8.44. The van der Waals surface area contributed by atoms with E-state index >= 15 is 0 Å². The first-order valence-electron chi connectivity index (χ1n) is 9.70. The van der Waals surface area contributed by atoms with Crippen LogP contribution >= 0.6 is 0 Å². The zero-order valence-corrected chi connectivity index (χ0v) is 16.0. The fraction of sp³-hybridized carbons (Fsp3) is 0.364. The molecule has 2 N–H and O–H groups in total. The van der Waals surface area contributed by atoms with Gasteiger partial charge in [-0.1, -0.05) is 6.07 Å². The molecule has 1 amide bonds. The van der Waals surface area contributed by atoms with Crippen LogP contribution in [0.4, 0.5) is 0 Å². The minimum absolute atomic E-state index is 0.145. The molecule has 1 fully saturated rings. The van der Waals surface area contributed by atoms with Gasteiger partial charge in [0.1, 0.15) is 0 Å². The van der Waals surface area contributed by atoms with Gasteiger partial charge in [0, 0.05) is 43.2 Å². The van der Waals surface area contributed by atoms with Crippen molar-refractivity contribution >= 4 is 16.8 Å². The predicted molar refractivity (Wildman–Crippen MR) is 107 cm³/mol. The number of fused-ring (bicyclic) bond motifs is 1. The summed E-state index contributed by atoms with van der Waals surface area (Å²) in [6.07, 6.45) is 3.61. The van der Waals surface area contributed by atoms with Crippen LogP contribution in [0.2, 0.25) is 0 Å². The fourth-order valence-electron chi connectivity index (χ4n) is 3.44. The van der Waals surface area contributed by atoms with E-state index in [4.69, 9.17) is 9.47 Å². The second-order valence-electron chi connectivity index (χ2n) is 7.31. The molecule has 6 heteroatoms. The van der Waals surface area contributed by atoms with Gasteiger partial charge in [0.25, 0.3) is 5.91 Å². The summed E-state index contributed by atoms with van der Waals surface area (Å²) < 4.78 is 11.1. The number of benzene rings is 1. The van der Waals surface area contributed by atoms with E-state index in [0.717, 1.165) is 48.2 Å². The molecule has 0 unspecified atom stereocenters. The maximum absolute atomic E-state index is 12.4. The molecule has 3 aromatic rings. The monoisotopic (exact) mass is 379 g/mol. The molecule has 3 heterocycles. The van der Waals surface area contributed by atoms with Gasteiger partial charge in [-0.3, -0.25) is 4.79 Å². The molecule has 1 saturated heterocycles. The van der Waals surface area contributed by atoms with Gasteiger partial charge < -0.3 is 19.8 Å². The Morgan fingerprint density at radius 2 is 2.11 bits per heavy atom. The Labute approximate surface area is 164 Å². The molecular weight excluding hydrogens is 354 g/mol. The van der Waals surface area contributed by atoms with E-state index in [2.05, 4.69) is 27.4 Å². The summed E-state index contributed by atoms with van der Waals surface area (Å²) in [6, 6.07) is 11.7. The number of H-pyrrole nitrogens is 1. The smallest absolute Gasteiger partial charge is 0.253 e. The van der Waals surface area contributed by atoms with Gasteiger partial charge in [0.05, 0.1) is 12.2 Å².